The van der Waals surface area contributed by atoms with Gasteiger partial charge in [-0.05, 0) is 43.3 Å². The highest BCUT2D eigenvalue weighted by molar-refractivity contribution is 7.89. The molecule has 0 atom stereocenters. The van der Waals surface area contributed by atoms with Crippen molar-refractivity contribution in [3.05, 3.63) is 67.1 Å². The lowest BCUT2D eigenvalue weighted by atomic mass is 10.3. The van der Waals surface area contributed by atoms with Crippen molar-refractivity contribution in [2.75, 3.05) is 18.5 Å². The number of amides is 1. The molecule has 0 aliphatic rings. The average molecular weight is 442 g/mol. The first-order valence-corrected chi connectivity index (χ1v) is 11.0. The summed E-state index contributed by atoms with van der Waals surface area (Å²) in [5.74, 6) is 1.06. The summed E-state index contributed by atoms with van der Waals surface area (Å²) in [7, 11) is -3.72. The van der Waals surface area contributed by atoms with E-state index < -0.39 is 10.0 Å². The average Bonchev–Trinajstić information content (AvgIpc) is 2.75. The molecule has 162 valence electrons. The van der Waals surface area contributed by atoms with Crippen LogP contribution in [0.15, 0.2) is 72.0 Å². The number of nitrogens with zero attached hydrogens (tertiary/aromatic N) is 2. The Hall–Kier alpha value is -3.50. The number of benzene rings is 2. The molecule has 31 heavy (non-hydrogen) atoms. The zero-order valence-corrected chi connectivity index (χ0v) is 17.6. The van der Waals surface area contributed by atoms with Crippen LogP contribution in [0.5, 0.6) is 17.4 Å². The lowest BCUT2D eigenvalue weighted by Gasteiger charge is -2.10. The van der Waals surface area contributed by atoms with Crippen LogP contribution in [0.25, 0.3) is 0 Å². The molecule has 1 aromatic heterocycles. The quantitative estimate of drug-likeness (QED) is 0.495. The van der Waals surface area contributed by atoms with Crippen LogP contribution in [0.2, 0.25) is 0 Å². The minimum Gasteiger partial charge on any atom is -0.494 e. The van der Waals surface area contributed by atoms with E-state index in [0.717, 1.165) is 0 Å². The van der Waals surface area contributed by atoms with Crippen molar-refractivity contribution in [1.82, 2.24) is 14.7 Å². The number of sulfonamides is 1. The van der Waals surface area contributed by atoms with E-state index in [9.17, 15) is 13.2 Å². The van der Waals surface area contributed by atoms with Gasteiger partial charge in [-0.25, -0.2) is 18.1 Å². The Labute approximate surface area is 180 Å². The number of hydrogen-bond acceptors (Lipinski definition) is 7. The second-order valence-electron chi connectivity index (χ2n) is 6.27. The van der Waals surface area contributed by atoms with Gasteiger partial charge in [-0.15, -0.1) is 0 Å². The molecular formula is C21H22N4O5S. The van der Waals surface area contributed by atoms with Gasteiger partial charge in [0.2, 0.25) is 21.8 Å². The molecule has 10 heteroatoms. The highest BCUT2D eigenvalue weighted by atomic mass is 32.2. The molecule has 3 rings (SSSR count). The normalized spacial score (nSPS) is 11.0. The van der Waals surface area contributed by atoms with Crippen LogP contribution >= 0.6 is 0 Å². The third-order valence-electron chi connectivity index (χ3n) is 3.97. The van der Waals surface area contributed by atoms with E-state index in [-0.39, 0.29) is 23.8 Å². The number of carbonyl (C=O) groups excluding carboxylic acids is 1. The summed E-state index contributed by atoms with van der Waals surface area (Å²) in [6, 6.07) is 12.8. The fraction of sp³-hybridized carbons (Fsp3) is 0.190. The van der Waals surface area contributed by atoms with Gasteiger partial charge in [0.05, 0.1) is 17.7 Å². The van der Waals surface area contributed by atoms with Crippen LogP contribution in [0, 0.1) is 0 Å². The van der Waals surface area contributed by atoms with E-state index in [0.29, 0.717) is 29.7 Å². The molecule has 1 heterocycles. The van der Waals surface area contributed by atoms with Gasteiger partial charge in [0.15, 0.2) is 0 Å². The molecule has 2 N–H and O–H groups in total. The first-order valence-electron chi connectivity index (χ1n) is 9.52. The minimum atomic E-state index is -3.72. The van der Waals surface area contributed by atoms with Crippen molar-refractivity contribution in [2.45, 2.75) is 18.2 Å². The molecule has 0 aliphatic heterocycles. The zero-order valence-electron chi connectivity index (χ0n) is 16.8. The molecule has 2 aromatic carbocycles. The van der Waals surface area contributed by atoms with Gasteiger partial charge in [0.1, 0.15) is 11.5 Å². The van der Waals surface area contributed by atoms with E-state index in [1.807, 2.05) is 6.92 Å². The summed E-state index contributed by atoms with van der Waals surface area (Å²) in [5, 5.41) is 2.71. The van der Waals surface area contributed by atoms with Gasteiger partial charge in [-0.3, -0.25) is 9.78 Å². The third-order valence-corrected chi connectivity index (χ3v) is 5.45. The van der Waals surface area contributed by atoms with Crippen molar-refractivity contribution in [3.63, 3.8) is 0 Å². The summed E-state index contributed by atoms with van der Waals surface area (Å²) in [6.45, 7) is 2.30. The summed E-state index contributed by atoms with van der Waals surface area (Å²) in [4.78, 5) is 20.2. The lowest BCUT2D eigenvalue weighted by Crippen LogP contribution is -2.27. The molecule has 0 aliphatic carbocycles. The molecule has 9 nitrogen and oxygen atoms in total. The van der Waals surface area contributed by atoms with E-state index in [1.54, 1.807) is 36.4 Å². The summed E-state index contributed by atoms with van der Waals surface area (Å²) < 4.78 is 38.0. The number of carbonyl (C=O) groups is 1. The molecular weight excluding hydrogens is 420 g/mol. The van der Waals surface area contributed by atoms with Crippen molar-refractivity contribution in [3.8, 4) is 17.4 Å². The number of anilines is 1. The monoisotopic (exact) mass is 442 g/mol. The number of rotatable bonds is 10. The maximum absolute atomic E-state index is 12.3. The second kappa shape index (κ2) is 10.5. The molecule has 1 amide bonds. The van der Waals surface area contributed by atoms with Crippen LogP contribution in [-0.4, -0.2) is 37.4 Å². The fourth-order valence-electron chi connectivity index (χ4n) is 2.58. The van der Waals surface area contributed by atoms with Gasteiger partial charge >= 0.3 is 0 Å². The van der Waals surface area contributed by atoms with Crippen LogP contribution in [0.4, 0.5) is 5.69 Å². The summed E-state index contributed by atoms with van der Waals surface area (Å²) in [5.41, 5.74) is 0.515. The zero-order chi connectivity index (χ0) is 22.1. The minimum absolute atomic E-state index is 0.0362. The van der Waals surface area contributed by atoms with Crippen LogP contribution < -0.4 is 19.5 Å². The molecule has 3 aromatic rings. The van der Waals surface area contributed by atoms with Crippen molar-refractivity contribution >= 4 is 21.6 Å². The van der Waals surface area contributed by atoms with Gasteiger partial charge < -0.3 is 14.8 Å². The van der Waals surface area contributed by atoms with Gasteiger partial charge in [0, 0.05) is 37.1 Å². The maximum atomic E-state index is 12.3. The summed E-state index contributed by atoms with van der Waals surface area (Å²) in [6.07, 6.45) is 4.48. The highest BCUT2D eigenvalue weighted by Gasteiger charge is 2.14. The Morgan fingerprint density at radius 3 is 2.58 bits per heavy atom. The van der Waals surface area contributed by atoms with Crippen LogP contribution in [-0.2, 0) is 14.8 Å². The van der Waals surface area contributed by atoms with Gasteiger partial charge in [-0.1, -0.05) is 6.07 Å². The van der Waals surface area contributed by atoms with E-state index in [2.05, 4.69) is 20.0 Å². The first-order chi connectivity index (χ1) is 15.0. The Bertz CT molecular complexity index is 1110. The lowest BCUT2D eigenvalue weighted by molar-refractivity contribution is -0.116. The molecule has 0 bridgehead atoms. The molecule has 0 spiro atoms. The topological polar surface area (TPSA) is 120 Å². The van der Waals surface area contributed by atoms with Crippen molar-refractivity contribution in [1.29, 1.82) is 0 Å². The third kappa shape index (κ3) is 6.76. The Morgan fingerprint density at radius 1 is 1.06 bits per heavy atom. The molecule has 0 fully saturated rings. The smallest absolute Gasteiger partial charge is 0.240 e. The van der Waals surface area contributed by atoms with Crippen LogP contribution in [0.3, 0.4) is 0 Å². The number of hydrogen-bond donors (Lipinski definition) is 2. The highest BCUT2D eigenvalue weighted by Crippen LogP contribution is 2.22. The van der Waals surface area contributed by atoms with Crippen molar-refractivity contribution < 1.29 is 22.7 Å². The maximum Gasteiger partial charge on any atom is 0.240 e. The second-order valence-corrected chi connectivity index (χ2v) is 8.04. The van der Waals surface area contributed by atoms with E-state index >= 15 is 0 Å². The van der Waals surface area contributed by atoms with Crippen molar-refractivity contribution in [2.24, 2.45) is 0 Å². The molecule has 0 radical (unpaired) electrons. The fourth-order valence-corrected chi connectivity index (χ4v) is 3.62. The van der Waals surface area contributed by atoms with E-state index in [4.69, 9.17) is 9.47 Å². The Morgan fingerprint density at radius 2 is 1.87 bits per heavy atom. The predicted octanol–water partition coefficient (Wildman–Crippen LogP) is 2.97. The Balaban J connectivity index is 1.50. The number of aromatic nitrogens is 2. The molecule has 0 saturated heterocycles. The largest absolute Gasteiger partial charge is 0.494 e. The number of nitrogens with one attached hydrogen (secondary N) is 2. The molecule has 0 saturated carbocycles. The SMILES string of the molecule is CCOc1ccc(S(=O)(=O)NCCC(=O)Nc2cccc(Oc3cnccn3)c2)cc1. The standard InChI is InChI=1S/C21H22N4O5S/c1-2-29-17-6-8-19(9-7-17)31(27,28)24-11-10-20(26)25-16-4-3-5-18(14-16)30-21-15-22-12-13-23-21/h3-9,12-15,24H,2,10-11H2,1H3,(H,25,26). The summed E-state index contributed by atoms with van der Waals surface area (Å²) >= 11 is 0. The first kappa shape index (κ1) is 22.2. The number of ether oxygens (including phenoxy) is 2. The Kier molecular flexibility index (Phi) is 7.52. The van der Waals surface area contributed by atoms with E-state index in [1.165, 1.54) is 30.7 Å². The van der Waals surface area contributed by atoms with Gasteiger partial charge in [-0.2, -0.15) is 0 Å². The molecule has 0 unspecified atom stereocenters. The predicted molar refractivity (Wildman–Crippen MR) is 115 cm³/mol. The van der Waals surface area contributed by atoms with Crippen LogP contribution in [0.1, 0.15) is 13.3 Å². The van der Waals surface area contributed by atoms with Gasteiger partial charge in [0.25, 0.3) is 0 Å².